The second kappa shape index (κ2) is 8.40. The van der Waals surface area contributed by atoms with E-state index in [4.69, 9.17) is 5.73 Å². The van der Waals surface area contributed by atoms with Crippen LogP contribution in [0.25, 0.3) is 0 Å². The van der Waals surface area contributed by atoms with E-state index in [-0.39, 0.29) is 11.2 Å². The fourth-order valence-electron chi connectivity index (χ4n) is 2.37. The lowest BCUT2D eigenvalue weighted by Crippen LogP contribution is -2.19. The van der Waals surface area contributed by atoms with E-state index in [1.165, 1.54) is 11.8 Å². The number of anilines is 2. The highest BCUT2D eigenvalue weighted by molar-refractivity contribution is 14.1. The van der Waals surface area contributed by atoms with Crippen LogP contribution in [0.15, 0.2) is 83.8 Å². The van der Waals surface area contributed by atoms with Crippen LogP contribution in [0, 0.1) is 3.57 Å². The lowest BCUT2D eigenvalue weighted by atomic mass is 10.1. The van der Waals surface area contributed by atoms with Gasteiger partial charge in [0.05, 0.1) is 0 Å². The zero-order valence-corrected chi connectivity index (χ0v) is 16.3. The summed E-state index contributed by atoms with van der Waals surface area (Å²) in [5.74, 6) is -0.0557. The van der Waals surface area contributed by atoms with Crippen molar-refractivity contribution in [2.24, 2.45) is 0 Å². The molecule has 1 atom stereocenters. The molecular weight excluding hydrogens is 443 g/mol. The maximum atomic E-state index is 12.9. The maximum absolute atomic E-state index is 12.9. The highest BCUT2D eigenvalue weighted by Gasteiger charge is 2.22. The first-order chi connectivity index (χ1) is 12.1. The van der Waals surface area contributed by atoms with Gasteiger partial charge in [-0.15, -0.1) is 11.8 Å². The Bertz CT molecular complexity index is 853. The number of carbonyl (C=O) groups excluding carboxylic acids is 1. The van der Waals surface area contributed by atoms with Crippen LogP contribution in [0.4, 0.5) is 11.4 Å². The van der Waals surface area contributed by atoms with Crippen LogP contribution in [-0.4, -0.2) is 5.91 Å². The summed E-state index contributed by atoms with van der Waals surface area (Å²) in [6.07, 6.45) is 0. The Hall–Kier alpha value is -1.99. The van der Waals surface area contributed by atoms with Gasteiger partial charge in [-0.3, -0.25) is 4.79 Å². The van der Waals surface area contributed by atoms with Crippen molar-refractivity contribution in [2.75, 3.05) is 11.1 Å². The number of amides is 1. The van der Waals surface area contributed by atoms with E-state index in [1.54, 1.807) is 0 Å². The molecule has 3 N–H and O–H groups in total. The minimum Gasteiger partial charge on any atom is -0.399 e. The van der Waals surface area contributed by atoms with Crippen LogP contribution in [0.1, 0.15) is 10.8 Å². The van der Waals surface area contributed by atoms with Gasteiger partial charge in [0.15, 0.2) is 0 Å². The molecule has 5 heteroatoms. The van der Waals surface area contributed by atoms with E-state index in [0.29, 0.717) is 5.69 Å². The maximum Gasteiger partial charge on any atom is 0.242 e. The lowest BCUT2D eigenvalue weighted by Gasteiger charge is -2.17. The molecule has 0 bridgehead atoms. The fraction of sp³-hybridized carbons (Fsp3) is 0.0500. The molecular formula is C20H17IN2OS. The minimum absolute atomic E-state index is 0.0557. The van der Waals surface area contributed by atoms with Crippen LogP contribution in [0.2, 0.25) is 0 Å². The number of benzene rings is 3. The van der Waals surface area contributed by atoms with Gasteiger partial charge in [0.25, 0.3) is 0 Å². The summed E-state index contributed by atoms with van der Waals surface area (Å²) < 4.78 is 1.13. The van der Waals surface area contributed by atoms with Gasteiger partial charge >= 0.3 is 0 Å². The molecule has 126 valence electrons. The molecule has 3 aromatic carbocycles. The first kappa shape index (κ1) is 17.8. The van der Waals surface area contributed by atoms with E-state index in [1.807, 2.05) is 78.9 Å². The molecule has 1 unspecified atom stereocenters. The van der Waals surface area contributed by atoms with Crippen LogP contribution in [0.5, 0.6) is 0 Å². The van der Waals surface area contributed by atoms with Crippen molar-refractivity contribution in [3.8, 4) is 0 Å². The number of nitrogens with two attached hydrogens (primary N) is 1. The van der Waals surface area contributed by atoms with E-state index < -0.39 is 0 Å². The molecule has 0 spiro atoms. The molecule has 0 aliphatic carbocycles. The topological polar surface area (TPSA) is 55.1 Å². The van der Waals surface area contributed by atoms with Gasteiger partial charge in [-0.25, -0.2) is 0 Å². The van der Waals surface area contributed by atoms with E-state index in [0.717, 1.165) is 19.7 Å². The van der Waals surface area contributed by atoms with Crippen LogP contribution in [-0.2, 0) is 4.79 Å². The van der Waals surface area contributed by atoms with Crippen LogP contribution in [0.3, 0.4) is 0 Å². The Morgan fingerprint density at radius 3 is 2.36 bits per heavy atom. The quantitative estimate of drug-likeness (QED) is 0.307. The van der Waals surface area contributed by atoms with Gasteiger partial charge in [0.2, 0.25) is 5.91 Å². The molecule has 3 aromatic rings. The summed E-state index contributed by atoms with van der Waals surface area (Å²) in [6.45, 7) is 0. The van der Waals surface area contributed by atoms with E-state index in [2.05, 4.69) is 27.9 Å². The largest absolute Gasteiger partial charge is 0.399 e. The van der Waals surface area contributed by atoms with Gasteiger partial charge in [-0.1, -0.05) is 36.4 Å². The van der Waals surface area contributed by atoms with Gasteiger partial charge in [0.1, 0.15) is 5.25 Å². The molecule has 0 heterocycles. The van der Waals surface area contributed by atoms with Gasteiger partial charge in [-0.05, 0) is 70.6 Å². The highest BCUT2D eigenvalue weighted by atomic mass is 127. The first-order valence-electron chi connectivity index (χ1n) is 7.75. The number of nitrogen functional groups attached to an aromatic ring is 1. The molecule has 3 nitrogen and oxygen atoms in total. The molecule has 3 rings (SSSR count). The predicted octanol–water partition coefficient (Wildman–Crippen LogP) is 5.35. The van der Waals surface area contributed by atoms with Crippen LogP contribution >= 0.6 is 34.4 Å². The normalized spacial score (nSPS) is 11.7. The SMILES string of the molecule is Nc1cccc(SC(C(=O)Nc2ccc(I)cc2)c2ccccc2)c1. The number of carbonyl (C=O) groups is 1. The lowest BCUT2D eigenvalue weighted by molar-refractivity contribution is -0.115. The summed E-state index contributed by atoms with van der Waals surface area (Å²) in [5.41, 5.74) is 8.31. The van der Waals surface area contributed by atoms with Crippen molar-refractivity contribution in [2.45, 2.75) is 10.1 Å². The third-order valence-corrected chi connectivity index (χ3v) is 5.53. The number of thioether (sulfide) groups is 1. The number of hydrogen-bond acceptors (Lipinski definition) is 3. The molecule has 0 radical (unpaired) electrons. The zero-order valence-electron chi connectivity index (χ0n) is 13.4. The number of nitrogens with one attached hydrogen (secondary N) is 1. The van der Waals surface area contributed by atoms with Gasteiger partial charge in [0, 0.05) is 19.8 Å². The molecule has 0 aromatic heterocycles. The van der Waals surface area contributed by atoms with E-state index in [9.17, 15) is 4.79 Å². The molecule has 0 saturated heterocycles. The fourth-order valence-corrected chi connectivity index (χ4v) is 3.82. The Labute approximate surface area is 165 Å². The summed E-state index contributed by atoms with van der Waals surface area (Å²) in [7, 11) is 0. The van der Waals surface area contributed by atoms with E-state index >= 15 is 0 Å². The molecule has 0 aliphatic heterocycles. The Balaban J connectivity index is 1.85. The number of hydrogen-bond donors (Lipinski definition) is 2. The molecule has 0 saturated carbocycles. The van der Waals surface area contributed by atoms with Crippen molar-refractivity contribution in [3.05, 3.63) is 88.0 Å². The average Bonchev–Trinajstić information content (AvgIpc) is 2.62. The summed E-state index contributed by atoms with van der Waals surface area (Å²) in [5, 5.41) is 2.65. The third-order valence-electron chi connectivity index (χ3n) is 3.56. The van der Waals surface area contributed by atoms with Crippen molar-refractivity contribution in [1.82, 2.24) is 0 Å². The molecule has 1 amide bonds. The van der Waals surface area contributed by atoms with Gasteiger partial charge < -0.3 is 11.1 Å². The minimum atomic E-state index is -0.359. The Morgan fingerprint density at radius 1 is 0.960 bits per heavy atom. The molecule has 0 fully saturated rings. The molecule has 0 aliphatic rings. The first-order valence-corrected chi connectivity index (χ1v) is 9.71. The van der Waals surface area contributed by atoms with Crippen molar-refractivity contribution in [3.63, 3.8) is 0 Å². The summed E-state index contributed by atoms with van der Waals surface area (Å²) >= 11 is 3.74. The predicted molar refractivity (Wildman–Crippen MR) is 114 cm³/mol. The summed E-state index contributed by atoms with van der Waals surface area (Å²) in [6, 6.07) is 25.1. The molecule has 25 heavy (non-hydrogen) atoms. The second-order valence-corrected chi connectivity index (χ2v) is 7.90. The smallest absolute Gasteiger partial charge is 0.242 e. The third kappa shape index (κ3) is 4.99. The average molecular weight is 460 g/mol. The van der Waals surface area contributed by atoms with Gasteiger partial charge in [-0.2, -0.15) is 0 Å². The van der Waals surface area contributed by atoms with Crippen molar-refractivity contribution >= 4 is 51.6 Å². The number of rotatable bonds is 5. The standard InChI is InChI=1S/C20H17IN2OS/c21-15-9-11-17(12-10-15)23-20(24)19(14-5-2-1-3-6-14)25-18-8-4-7-16(22)13-18/h1-13,19H,22H2,(H,23,24). The second-order valence-electron chi connectivity index (χ2n) is 5.48. The number of halogens is 1. The zero-order chi connectivity index (χ0) is 17.6. The Morgan fingerprint density at radius 2 is 1.68 bits per heavy atom. The van der Waals surface area contributed by atoms with Crippen molar-refractivity contribution in [1.29, 1.82) is 0 Å². The van der Waals surface area contributed by atoms with Crippen LogP contribution < -0.4 is 11.1 Å². The highest BCUT2D eigenvalue weighted by Crippen LogP contribution is 2.36. The van der Waals surface area contributed by atoms with Crippen molar-refractivity contribution < 1.29 is 4.79 Å². The summed E-state index contributed by atoms with van der Waals surface area (Å²) in [4.78, 5) is 13.9. The Kier molecular flexibility index (Phi) is 5.99. The monoisotopic (exact) mass is 460 g/mol.